The molecule has 1 unspecified atom stereocenters. The molecule has 2 N–H and O–H groups in total. The second kappa shape index (κ2) is 12.2. The van der Waals surface area contributed by atoms with Gasteiger partial charge >= 0.3 is 0 Å². The van der Waals surface area contributed by atoms with Gasteiger partial charge in [-0.05, 0) is 12.8 Å². The highest BCUT2D eigenvalue weighted by atomic mass is 16.5. The van der Waals surface area contributed by atoms with Crippen LogP contribution in [0.1, 0.15) is 33.6 Å². The summed E-state index contributed by atoms with van der Waals surface area (Å²) in [5, 5.41) is 5.05. The van der Waals surface area contributed by atoms with Crippen molar-refractivity contribution in [1.82, 2.24) is 15.5 Å². The summed E-state index contributed by atoms with van der Waals surface area (Å²) in [6, 6.07) is -0.762. The van der Waals surface area contributed by atoms with Crippen LogP contribution in [0.2, 0.25) is 0 Å². The molecule has 1 heterocycles. The van der Waals surface area contributed by atoms with Crippen LogP contribution in [0.3, 0.4) is 0 Å². The van der Waals surface area contributed by atoms with Crippen LogP contribution < -0.4 is 10.6 Å². The maximum absolute atomic E-state index is 12.0. The molecule has 1 aliphatic heterocycles. The Balaban J connectivity index is 2.17. The highest BCUT2D eigenvalue weighted by Gasteiger charge is 2.28. The minimum Gasteiger partial charge on any atom is -0.377 e. The van der Waals surface area contributed by atoms with Crippen LogP contribution >= 0.6 is 0 Å². The highest BCUT2D eigenvalue weighted by Crippen LogP contribution is 2.10. The largest absolute Gasteiger partial charge is 0.377 e. The number of carbonyl (C=O) groups is 5. The van der Waals surface area contributed by atoms with E-state index in [0.29, 0.717) is 0 Å². The second-order valence-electron chi connectivity index (χ2n) is 6.81. The van der Waals surface area contributed by atoms with Crippen molar-refractivity contribution < 1.29 is 33.4 Å². The molecule has 0 saturated carbocycles. The number of amides is 4. The quantitative estimate of drug-likeness (QED) is 0.300. The van der Waals surface area contributed by atoms with Gasteiger partial charge in [0.15, 0.2) is 0 Å². The highest BCUT2D eigenvalue weighted by molar-refractivity contribution is 6.01. The number of carbonyl (C=O) groups excluding carboxylic acids is 5. The van der Waals surface area contributed by atoms with Crippen molar-refractivity contribution in [3.63, 3.8) is 0 Å². The van der Waals surface area contributed by atoms with E-state index in [2.05, 4.69) is 10.6 Å². The Morgan fingerprint density at radius 3 is 2.21 bits per heavy atom. The summed E-state index contributed by atoms with van der Waals surface area (Å²) in [5.74, 6) is -1.58. The van der Waals surface area contributed by atoms with Gasteiger partial charge in [-0.25, -0.2) is 0 Å². The number of nitrogens with one attached hydrogen (secondary N) is 2. The van der Waals surface area contributed by atoms with Crippen LogP contribution in [-0.2, 0) is 33.4 Å². The average molecular weight is 399 g/mol. The van der Waals surface area contributed by atoms with Crippen molar-refractivity contribution in [3.8, 4) is 0 Å². The summed E-state index contributed by atoms with van der Waals surface area (Å²) in [6.07, 6.45) is 0.502. The van der Waals surface area contributed by atoms with Crippen LogP contribution in [0.15, 0.2) is 0 Å². The first-order valence-corrected chi connectivity index (χ1v) is 9.27. The van der Waals surface area contributed by atoms with Gasteiger partial charge in [-0.2, -0.15) is 0 Å². The van der Waals surface area contributed by atoms with E-state index < -0.39 is 17.9 Å². The van der Waals surface area contributed by atoms with E-state index in [4.69, 9.17) is 9.47 Å². The number of Topliss-reactive ketones (excluding diaryl/α,β-unsaturated/α-hetero) is 1. The fourth-order valence-corrected chi connectivity index (χ4v) is 2.48. The van der Waals surface area contributed by atoms with Crippen LogP contribution in [0.4, 0.5) is 0 Å². The Kier molecular flexibility index (Phi) is 10.3. The Hall–Kier alpha value is -2.33. The lowest BCUT2D eigenvalue weighted by atomic mass is 10.0. The molecule has 0 aromatic heterocycles. The number of ether oxygens (including phenoxy) is 2. The fourth-order valence-electron chi connectivity index (χ4n) is 2.48. The van der Waals surface area contributed by atoms with Crippen molar-refractivity contribution >= 4 is 29.4 Å². The van der Waals surface area contributed by atoms with Crippen molar-refractivity contribution in [3.05, 3.63) is 0 Å². The molecule has 0 radical (unpaired) electrons. The van der Waals surface area contributed by atoms with Gasteiger partial charge < -0.3 is 20.1 Å². The predicted molar refractivity (Wildman–Crippen MR) is 98.1 cm³/mol. The number of ketones is 1. The molecule has 1 saturated heterocycles. The summed E-state index contributed by atoms with van der Waals surface area (Å²) in [7, 11) is 0. The lowest BCUT2D eigenvalue weighted by Gasteiger charge is -2.21. The topological polar surface area (TPSA) is 131 Å². The third kappa shape index (κ3) is 8.57. The summed E-state index contributed by atoms with van der Waals surface area (Å²) in [6.45, 7) is 5.37. The summed E-state index contributed by atoms with van der Waals surface area (Å²) >= 11 is 0. The summed E-state index contributed by atoms with van der Waals surface area (Å²) in [5.41, 5.74) is 0. The van der Waals surface area contributed by atoms with Crippen molar-refractivity contribution in [2.24, 2.45) is 5.92 Å². The minimum absolute atomic E-state index is 0.0830. The molecule has 0 aliphatic carbocycles. The van der Waals surface area contributed by atoms with Crippen LogP contribution in [0, 0.1) is 5.92 Å². The first kappa shape index (κ1) is 23.7. The maximum atomic E-state index is 12.0. The normalized spacial score (nSPS) is 15.1. The molecule has 0 aromatic carbocycles. The van der Waals surface area contributed by atoms with E-state index >= 15 is 0 Å². The number of imide groups is 1. The molecule has 10 nitrogen and oxygen atoms in total. The molecule has 1 aliphatic rings. The maximum Gasteiger partial charge on any atom is 0.246 e. The van der Waals surface area contributed by atoms with Gasteiger partial charge in [0.1, 0.15) is 18.4 Å². The Morgan fingerprint density at radius 2 is 1.64 bits per heavy atom. The lowest BCUT2D eigenvalue weighted by Crippen LogP contribution is -2.51. The van der Waals surface area contributed by atoms with Gasteiger partial charge in [0.2, 0.25) is 23.6 Å². The number of hydrogen-bond acceptors (Lipinski definition) is 7. The molecule has 1 fully saturated rings. The second-order valence-corrected chi connectivity index (χ2v) is 6.81. The molecule has 0 aromatic rings. The zero-order valence-electron chi connectivity index (χ0n) is 16.6. The fraction of sp³-hybridized carbons (Fsp3) is 0.722. The van der Waals surface area contributed by atoms with E-state index in [9.17, 15) is 24.0 Å². The van der Waals surface area contributed by atoms with E-state index in [1.165, 1.54) is 11.8 Å². The lowest BCUT2D eigenvalue weighted by molar-refractivity contribution is -0.139. The summed E-state index contributed by atoms with van der Waals surface area (Å²) < 4.78 is 10.5. The molecular formula is C18H29N3O7. The zero-order chi connectivity index (χ0) is 21.1. The Bertz CT molecular complexity index is 576. The summed E-state index contributed by atoms with van der Waals surface area (Å²) in [4.78, 5) is 58.9. The predicted octanol–water partition coefficient (Wildman–Crippen LogP) is -0.985. The standard InChI is InChI=1S/C18H29N3O7/c1-12(2)17(18(26)19-10-13(3)22)20-14(23)11-28-9-8-27-7-6-21-15(24)4-5-16(21)25/h12,17H,4-11H2,1-3H3,(H,19,26)(H,20,23). The number of rotatable bonds is 13. The number of likely N-dealkylation sites (tertiary alicyclic amines) is 1. The molecule has 1 atom stereocenters. The molecule has 4 amide bonds. The first-order valence-electron chi connectivity index (χ1n) is 9.27. The molecule has 1 rings (SSSR count). The zero-order valence-corrected chi connectivity index (χ0v) is 16.6. The van der Waals surface area contributed by atoms with E-state index in [0.717, 1.165) is 0 Å². The third-order valence-corrected chi connectivity index (χ3v) is 4.00. The first-order chi connectivity index (χ1) is 13.2. The monoisotopic (exact) mass is 399 g/mol. The van der Waals surface area contributed by atoms with Gasteiger partial charge in [-0.1, -0.05) is 13.8 Å². The number of nitrogens with zero attached hydrogens (tertiary/aromatic N) is 1. The van der Waals surface area contributed by atoms with E-state index in [1.807, 2.05) is 0 Å². The smallest absolute Gasteiger partial charge is 0.246 e. The van der Waals surface area contributed by atoms with Crippen LogP contribution in [0.25, 0.3) is 0 Å². The van der Waals surface area contributed by atoms with Gasteiger partial charge in [-0.3, -0.25) is 28.9 Å². The molecular weight excluding hydrogens is 370 g/mol. The van der Waals surface area contributed by atoms with Gasteiger partial charge in [0.05, 0.1) is 32.9 Å². The van der Waals surface area contributed by atoms with Gasteiger partial charge in [0.25, 0.3) is 0 Å². The average Bonchev–Trinajstić information content (AvgIpc) is 2.94. The van der Waals surface area contributed by atoms with Crippen LogP contribution in [-0.4, -0.2) is 79.9 Å². The van der Waals surface area contributed by atoms with Crippen LogP contribution in [0.5, 0.6) is 0 Å². The minimum atomic E-state index is -0.762. The SMILES string of the molecule is CC(=O)CNC(=O)C(NC(=O)COCCOCCN1C(=O)CCC1=O)C(C)C. The molecule has 158 valence electrons. The van der Waals surface area contributed by atoms with Crippen molar-refractivity contribution in [2.75, 3.05) is 39.5 Å². The molecule has 0 bridgehead atoms. The third-order valence-electron chi connectivity index (χ3n) is 4.00. The van der Waals surface area contributed by atoms with Gasteiger partial charge in [0, 0.05) is 12.8 Å². The van der Waals surface area contributed by atoms with E-state index in [1.54, 1.807) is 13.8 Å². The molecule has 10 heteroatoms. The van der Waals surface area contributed by atoms with E-state index in [-0.39, 0.29) is 75.9 Å². The molecule has 28 heavy (non-hydrogen) atoms. The van der Waals surface area contributed by atoms with Crippen molar-refractivity contribution in [1.29, 1.82) is 0 Å². The van der Waals surface area contributed by atoms with Gasteiger partial charge in [-0.15, -0.1) is 0 Å². The number of hydrogen-bond donors (Lipinski definition) is 2. The Labute approximate surface area is 164 Å². The van der Waals surface area contributed by atoms with Crippen molar-refractivity contribution in [2.45, 2.75) is 39.7 Å². The Morgan fingerprint density at radius 1 is 1.04 bits per heavy atom. The molecule has 0 spiro atoms.